The lowest BCUT2D eigenvalue weighted by molar-refractivity contribution is -0.125. The van der Waals surface area contributed by atoms with Gasteiger partial charge in [0.2, 0.25) is 0 Å². The molecule has 1 atom stereocenters. The quantitative estimate of drug-likeness (QED) is 0.835. The first-order chi connectivity index (χ1) is 9.65. The zero-order valence-electron chi connectivity index (χ0n) is 11.8. The van der Waals surface area contributed by atoms with E-state index in [4.69, 9.17) is 4.74 Å². The van der Waals surface area contributed by atoms with Crippen molar-refractivity contribution in [2.45, 2.75) is 31.9 Å². The molecule has 1 N–H and O–H groups in total. The second-order valence-corrected chi connectivity index (χ2v) is 5.56. The van der Waals surface area contributed by atoms with Crippen LogP contribution in [0.3, 0.4) is 0 Å². The zero-order valence-corrected chi connectivity index (χ0v) is 11.8. The van der Waals surface area contributed by atoms with Gasteiger partial charge in [-0.05, 0) is 37.5 Å². The third-order valence-corrected chi connectivity index (χ3v) is 3.67. The van der Waals surface area contributed by atoms with Crippen LogP contribution in [-0.2, 0) is 4.79 Å². The van der Waals surface area contributed by atoms with Crippen molar-refractivity contribution >= 4 is 11.6 Å². The van der Waals surface area contributed by atoms with E-state index in [1.165, 1.54) is 12.8 Å². The van der Waals surface area contributed by atoms with Gasteiger partial charge in [0, 0.05) is 19.1 Å². The van der Waals surface area contributed by atoms with E-state index in [0.29, 0.717) is 12.6 Å². The van der Waals surface area contributed by atoms with Crippen LogP contribution < -0.4 is 15.0 Å². The maximum atomic E-state index is 12.3. The molecule has 1 aromatic carbocycles. The molecule has 20 heavy (non-hydrogen) atoms. The second kappa shape index (κ2) is 5.29. The van der Waals surface area contributed by atoms with Gasteiger partial charge in [-0.1, -0.05) is 18.7 Å². The fraction of sp³-hybridized carbons (Fsp3) is 0.438. The third-order valence-electron chi connectivity index (χ3n) is 3.67. The van der Waals surface area contributed by atoms with Crippen molar-refractivity contribution in [1.82, 2.24) is 5.32 Å². The van der Waals surface area contributed by atoms with Gasteiger partial charge in [0.1, 0.15) is 5.75 Å². The Morgan fingerprint density at radius 2 is 2.20 bits per heavy atom. The van der Waals surface area contributed by atoms with Crippen molar-refractivity contribution in [3.63, 3.8) is 0 Å². The van der Waals surface area contributed by atoms with Crippen LogP contribution in [0.1, 0.15) is 19.8 Å². The molecule has 1 aliphatic carbocycles. The first-order valence-electron chi connectivity index (χ1n) is 7.12. The largest absolute Gasteiger partial charge is 0.479 e. The van der Waals surface area contributed by atoms with Gasteiger partial charge >= 0.3 is 0 Å². The number of hydrogen-bond donors (Lipinski definition) is 1. The summed E-state index contributed by atoms with van der Waals surface area (Å²) >= 11 is 0. The Morgan fingerprint density at radius 1 is 1.45 bits per heavy atom. The molecule has 4 heteroatoms. The first kappa shape index (κ1) is 13.2. The molecule has 0 spiro atoms. The van der Waals surface area contributed by atoms with E-state index in [9.17, 15) is 4.79 Å². The van der Waals surface area contributed by atoms with Gasteiger partial charge in [-0.2, -0.15) is 0 Å². The highest BCUT2D eigenvalue weighted by atomic mass is 16.5. The summed E-state index contributed by atoms with van der Waals surface area (Å²) in [5, 5.41) is 3.43. The Kier molecular flexibility index (Phi) is 3.49. The highest BCUT2D eigenvalue weighted by Gasteiger charge is 2.31. The first-order valence-corrected chi connectivity index (χ1v) is 7.12. The summed E-state index contributed by atoms with van der Waals surface area (Å²) in [6.45, 7) is 7.19. The van der Waals surface area contributed by atoms with Crippen LogP contribution in [-0.4, -0.2) is 31.1 Å². The molecule has 1 heterocycles. The van der Waals surface area contributed by atoms with E-state index in [0.717, 1.165) is 23.6 Å². The molecule has 4 nitrogen and oxygen atoms in total. The van der Waals surface area contributed by atoms with E-state index in [1.54, 1.807) is 11.8 Å². The van der Waals surface area contributed by atoms with E-state index in [2.05, 4.69) is 11.9 Å². The van der Waals surface area contributed by atoms with Crippen molar-refractivity contribution in [3.8, 4) is 5.75 Å². The van der Waals surface area contributed by atoms with Crippen LogP contribution >= 0.6 is 0 Å². The van der Waals surface area contributed by atoms with Crippen LogP contribution in [0.5, 0.6) is 5.75 Å². The van der Waals surface area contributed by atoms with Gasteiger partial charge < -0.3 is 15.0 Å². The lowest BCUT2D eigenvalue weighted by atomic mass is 10.1. The normalized spacial score (nSPS) is 21.4. The molecule has 1 aliphatic heterocycles. The number of carbonyl (C=O) groups is 1. The van der Waals surface area contributed by atoms with Crippen LogP contribution in [0, 0.1) is 0 Å². The lowest BCUT2D eigenvalue weighted by Crippen LogP contribution is -2.45. The number of benzene rings is 1. The molecule has 0 aromatic heterocycles. The molecule has 1 unspecified atom stereocenters. The molecule has 0 saturated heterocycles. The lowest BCUT2D eigenvalue weighted by Gasteiger charge is -2.33. The Hall–Kier alpha value is -1.81. The maximum Gasteiger partial charge on any atom is 0.268 e. The standard InChI is InChI=1S/C16H20N2O2/c1-11(9-17-13-7-8-13)10-18-14-5-3-4-6-15(14)20-12(2)16(18)19/h3-6,12-13,17H,1,7-10H2,2H3. The smallest absolute Gasteiger partial charge is 0.268 e. The van der Waals surface area contributed by atoms with Crippen LogP contribution in [0.2, 0.25) is 0 Å². The van der Waals surface area contributed by atoms with E-state index in [-0.39, 0.29) is 5.91 Å². The summed E-state index contributed by atoms with van der Waals surface area (Å²) < 4.78 is 5.63. The molecule has 0 bridgehead atoms. The number of ether oxygens (including phenoxy) is 1. The molecule has 1 aromatic rings. The Morgan fingerprint density at radius 3 is 2.95 bits per heavy atom. The molecule has 1 fully saturated rings. The topological polar surface area (TPSA) is 41.6 Å². The van der Waals surface area contributed by atoms with E-state index < -0.39 is 6.10 Å². The highest BCUT2D eigenvalue weighted by molar-refractivity contribution is 6.00. The molecular weight excluding hydrogens is 252 g/mol. The van der Waals surface area contributed by atoms with Gasteiger partial charge in [-0.25, -0.2) is 0 Å². The second-order valence-electron chi connectivity index (χ2n) is 5.56. The molecule has 3 rings (SSSR count). The van der Waals surface area contributed by atoms with Gasteiger partial charge in [0.25, 0.3) is 5.91 Å². The monoisotopic (exact) mass is 272 g/mol. The summed E-state index contributed by atoms with van der Waals surface area (Å²) in [6, 6.07) is 8.31. The average molecular weight is 272 g/mol. The predicted molar refractivity (Wildman–Crippen MR) is 79.0 cm³/mol. The van der Waals surface area contributed by atoms with Crippen molar-refractivity contribution in [1.29, 1.82) is 0 Å². The van der Waals surface area contributed by atoms with Crippen LogP contribution in [0.15, 0.2) is 36.4 Å². The van der Waals surface area contributed by atoms with Crippen LogP contribution in [0.25, 0.3) is 0 Å². The van der Waals surface area contributed by atoms with Crippen molar-refractivity contribution in [3.05, 3.63) is 36.4 Å². The summed E-state index contributed by atoms with van der Waals surface area (Å²) in [6.07, 6.45) is 2.07. The third kappa shape index (κ3) is 2.70. The van der Waals surface area contributed by atoms with E-state index in [1.807, 2.05) is 24.3 Å². The van der Waals surface area contributed by atoms with Crippen molar-refractivity contribution in [2.75, 3.05) is 18.0 Å². The summed E-state index contributed by atoms with van der Waals surface area (Å²) in [7, 11) is 0. The van der Waals surface area contributed by atoms with Crippen LogP contribution in [0.4, 0.5) is 5.69 Å². The molecule has 1 amide bonds. The predicted octanol–water partition coefficient (Wildman–Crippen LogP) is 2.11. The molecule has 2 aliphatic rings. The number of amides is 1. The SMILES string of the molecule is C=C(CNC1CC1)CN1C(=O)C(C)Oc2ccccc21. The number of fused-ring (bicyclic) bond motifs is 1. The molecule has 1 saturated carbocycles. The number of para-hydroxylation sites is 2. The van der Waals surface area contributed by atoms with E-state index >= 15 is 0 Å². The Bertz CT molecular complexity index is 537. The number of anilines is 1. The van der Waals surface area contributed by atoms with Gasteiger partial charge in [-0.15, -0.1) is 0 Å². The molecular formula is C16H20N2O2. The van der Waals surface area contributed by atoms with Gasteiger partial charge in [0.15, 0.2) is 6.10 Å². The highest BCUT2D eigenvalue weighted by Crippen LogP contribution is 2.33. The number of rotatable bonds is 5. The maximum absolute atomic E-state index is 12.3. The van der Waals surface area contributed by atoms with Gasteiger partial charge in [0.05, 0.1) is 5.69 Å². The Labute approximate surface area is 119 Å². The van der Waals surface area contributed by atoms with Crippen molar-refractivity contribution in [2.24, 2.45) is 0 Å². The minimum atomic E-state index is -0.436. The summed E-state index contributed by atoms with van der Waals surface area (Å²) in [5.74, 6) is 0.763. The fourth-order valence-corrected chi connectivity index (χ4v) is 2.38. The number of hydrogen-bond acceptors (Lipinski definition) is 3. The summed E-state index contributed by atoms with van der Waals surface area (Å²) in [4.78, 5) is 14.1. The zero-order chi connectivity index (χ0) is 14.1. The summed E-state index contributed by atoms with van der Waals surface area (Å²) in [5.41, 5.74) is 1.86. The number of nitrogens with one attached hydrogen (secondary N) is 1. The Balaban J connectivity index is 1.72. The minimum absolute atomic E-state index is 0.00345. The fourth-order valence-electron chi connectivity index (χ4n) is 2.38. The number of carbonyl (C=O) groups excluding carboxylic acids is 1. The van der Waals surface area contributed by atoms with Crippen molar-refractivity contribution < 1.29 is 9.53 Å². The van der Waals surface area contributed by atoms with Gasteiger partial charge in [-0.3, -0.25) is 4.79 Å². The average Bonchev–Trinajstić information content (AvgIpc) is 3.26. The molecule has 0 radical (unpaired) electrons. The minimum Gasteiger partial charge on any atom is -0.479 e. The number of nitrogens with zero attached hydrogens (tertiary/aromatic N) is 1. The molecule has 106 valence electrons.